The van der Waals surface area contributed by atoms with Crippen molar-refractivity contribution in [3.05, 3.63) is 26.1 Å². The molecule has 0 unspecified atom stereocenters. The summed E-state index contributed by atoms with van der Waals surface area (Å²) >= 11 is 6.19. The molecule has 28 heavy (non-hydrogen) atoms. The van der Waals surface area contributed by atoms with Crippen molar-refractivity contribution in [3.63, 3.8) is 0 Å². The molecular formula is C19H27ClN4O4. The second-order valence-corrected chi connectivity index (χ2v) is 8.54. The number of hydrogen-bond donors (Lipinski definition) is 0. The second-order valence-electron chi connectivity index (χ2n) is 8.20. The summed E-state index contributed by atoms with van der Waals surface area (Å²) in [5.41, 5.74) is -0.782. The number of halogens is 1. The summed E-state index contributed by atoms with van der Waals surface area (Å²) in [6.07, 6.45) is 2.87. The molecule has 0 radical (unpaired) electrons. The molecule has 8 nitrogen and oxygen atoms in total. The molecule has 1 fully saturated rings. The molecular weight excluding hydrogens is 384 g/mol. The molecule has 0 aromatic carbocycles. The van der Waals surface area contributed by atoms with Crippen LogP contribution < -0.4 is 11.2 Å². The lowest BCUT2D eigenvalue weighted by molar-refractivity contribution is -0.156. The van der Waals surface area contributed by atoms with Crippen molar-refractivity contribution in [1.82, 2.24) is 18.7 Å². The second kappa shape index (κ2) is 7.73. The number of nitrogens with zero attached hydrogens (tertiary/aromatic N) is 4. The van der Waals surface area contributed by atoms with Gasteiger partial charge in [-0.3, -0.25) is 23.3 Å². The van der Waals surface area contributed by atoms with Crippen molar-refractivity contribution in [3.8, 4) is 0 Å². The number of aromatic nitrogens is 4. The fraction of sp³-hybridized carbons (Fsp3) is 0.684. The van der Waals surface area contributed by atoms with Gasteiger partial charge in [0.2, 0.25) is 5.28 Å². The first-order chi connectivity index (χ1) is 13.1. The Morgan fingerprint density at radius 3 is 2.57 bits per heavy atom. The number of imidazole rings is 1. The molecule has 2 heterocycles. The molecule has 0 amide bonds. The summed E-state index contributed by atoms with van der Waals surface area (Å²) < 4.78 is 9.34. The van der Waals surface area contributed by atoms with Crippen molar-refractivity contribution in [2.75, 3.05) is 0 Å². The summed E-state index contributed by atoms with van der Waals surface area (Å²) in [6.45, 7) is 6.23. The lowest BCUT2D eigenvalue weighted by atomic mass is 9.75. The van der Waals surface area contributed by atoms with Gasteiger partial charge in [0.1, 0.15) is 12.6 Å². The molecule has 0 bridgehead atoms. The molecule has 9 heteroatoms. The maximum absolute atomic E-state index is 12.7. The van der Waals surface area contributed by atoms with Crippen molar-refractivity contribution in [1.29, 1.82) is 0 Å². The first kappa shape index (κ1) is 20.6. The monoisotopic (exact) mass is 410 g/mol. The van der Waals surface area contributed by atoms with Crippen molar-refractivity contribution < 1.29 is 9.53 Å². The summed E-state index contributed by atoms with van der Waals surface area (Å²) in [5.74, 6) is 0.794. The Kier molecular flexibility index (Phi) is 5.70. The van der Waals surface area contributed by atoms with Gasteiger partial charge in [-0.1, -0.05) is 27.2 Å². The highest BCUT2D eigenvalue weighted by atomic mass is 35.5. The fourth-order valence-electron chi connectivity index (χ4n) is 4.15. The molecule has 0 N–H and O–H groups in total. The van der Waals surface area contributed by atoms with Crippen LogP contribution in [0.1, 0.15) is 40.0 Å². The van der Waals surface area contributed by atoms with E-state index in [-0.39, 0.29) is 29.1 Å². The predicted octanol–water partition coefficient (Wildman–Crippen LogP) is 2.09. The summed E-state index contributed by atoms with van der Waals surface area (Å²) in [5, 5.41) is -0.0253. The molecule has 2 aromatic heterocycles. The van der Waals surface area contributed by atoms with E-state index >= 15 is 0 Å². The van der Waals surface area contributed by atoms with Crippen LogP contribution in [0.3, 0.4) is 0 Å². The Morgan fingerprint density at radius 1 is 1.25 bits per heavy atom. The Bertz CT molecular complexity index is 1020. The maximum Gasteiger partial charge on any atom is 0.332 e. The molecule has 1 aliphatic rings. The molecule has 0 spiro atoms. The quantitative estimate of drug-likeness (QED) is 0.568. The van der Waals surface area contributed by atoms with E-state index in [0.29, 0.717) is 17.8 Å². The van der Waals surface area contributed by atoms with E-state index in [1.165, 1.54) is 23.2 Å². The zero-order valence-electron chi connectivity index (χ0n) is 16.9. The lowest BCUT2D eigenvalue weighted by Crippen LogP contribution is -2.38. The number of carbonyl (C=O) groups is 1. The Morgan fingerprint density at radius 2 is 1.93 bits per heavy atom. The SMILES string of the molecule is CC(C)[C@H]1CC[C@@H](C)C[C@@H]1OC(=O)Cn1c(Cl)nc2c1c(=O)n(C)c(=O)n2C. The molecule has 2 aromatic rings. The minimum absolute atomic E-state index is 0.0253. The molecule has 0 aliphatic heterocycles. The van der Waals surface area contributed by atoms with Crippen LogP contribution in [0.15, 0.2) is 9.59 Å². The van der Waals surface area contributed by atoms with E-state index in [1.807, 2.05) is 0 Å². The van der Waals surface area contributed by atoms with Crippen molar-refractivity contribution >= 4 is 28.7 Å². The van der Waals surface area contributed by atoms with Gasteiger partial charge in [0.25, 0.3) is 5.56 Å². The normalized spacial score (nSPS) is 22.8. The van der Waals surface area contributed by atoms with Gasteiger partial charge in [-0.25, -0.2) is 4.79 Å². The first-order valence-electron chi connectivity index (χ1n) is 9.63. The average Bonchev–Trinajstić information content (AvgIpc) is 2.94. The summed E-state index contributed by atoms with van der Waals surface area (Å²) in [4.78, 5) is 41.4. The zero-order valence-corrected chi connectivity index (χ0v) is 17.7. The third-order valence-corrected chi connectivity index (χ3v) is 6.12. The fourth-order valence-corrected chi connectivity index (χ4v) is 4.37. The van der Waals surface area contributed by atoms with Crippen molar-refractivity contribution in [2.24, 2.45) is 31.8 Å². The van der Waals surface area contributed by atoms with E-state index < -0.39 is 17.2 Å². The Labute approximate surface area is 168 Å². The molecule has 3 atom stereocenters. The number of esters is 1. The topological polar surface area (TPSA) is 88.1 Å². The highest BCUT2D eigenvalue weighted by molar-refractivity contribution is 6.29. The van der Waals surface area contributed by atoms with E-state index in [1.54, 1.807) is 0 Å². The summed E-state index contributed by atoms with van der Waals surface area (Å²) in [7, 11) is 2.89. The van der Waals surface area contributed by atoms with Crippen LogP contribution >= 0.6 is 11.6 Å². The summed E-state index contributed by atoms with van der Waals surface area (Å²) in [6, 6.07) is 0. The van der Waals surface area contributed by atoms with Gasteiger partial charge in [-0.2, -0.15) is 4.98 Å². The molecule has 154 valence electrons. The third kappa shape index (κ3) is 3.62. The molecule has 1 aliphatic carbocycles. The number of carbonyl (C=O) groups excluding carboxylic acids is 1. The highest BCUT2D eigenvalue weighted by Gasteiger charge is 2.33. The van der Waals surface area contributed by atoms with Crippen LogP contribution in [0.2, 0.25) is 5.28 Å². The lowest BCUT2D eigenvalue weighted by Gasteiger charge is -2.36. The number of aryl methyl sites for hydroxylation is 1. The average molecular weight is 411 g/mol. The zero-order chi connectivity index (χ0) is 20.7. The number of ether oxygens (including phenoxy) is 1. The van der Waals surface area contributed by atoms with Gasteiger partial charge in [0.05, 0.1) is 0 Å². The van der Waals surface area contributed by atoms with Gasteiger partial charge in [-0.15, -0.1) is 0 Å². The molecule has 1 saturated carbocycles. The number of hydrogen-bond acceptors (Lipinski definition) is 5. The van der Waals surface area contributed by atoms with E-state index in [2.05, 4.69) is 25.8 Å². The minimum atomic E-state index is -0.545. The largest absolute Gasteiger partial charge is 0.461 e. The maximum atomic E-state index is 12.7. The standard InChI is InChI=1S/C19H27ClN4O4/c1-10(2)12-7-6-11(3)8-13(12)28-14(25)9-24-15-16(21-18(24)20)22(4)19(27)23(5)17(15)26/h10-13H,6-9H2,1-5H3/t11-,12-,13+/m1/s1. The van der Waals surface area contributed by atoms with Crippen LogP contribution in [0.5, 0.6) is 0 Å². The van der Waals surface area contributed by atoms with Crippen LogP contribution in [0, 0.1) is 17.8 Å². The van der Waals surface area contributed by atoms with Crippen molar-refractivity contribution in [2.45, 2.75) is 52.7 Å². The Balaban J connectivity index is 1.90. The first-order valence-corrected chi connectivity index (χ1v) is 10.0. The smallest absolute Gasteiger partial charge is 0.332 e. The van der Waals surface area contributed by atoms with Gasteiger partial charge >= 0.3 is 11.7 Å². The van der Waals surface area contributed by atoms with Gasteiger partial charge in [0, 0.05) is 14.1 Å². The van der Waals surface area contributed by atoms with Crippen LogP contribution in [0.25, 0.3) is 11.2 Å². The van der Waals surface area contributed by atoms with Gasteiger partial charge < -0.3 is 4.74 Å². The minimum Gasteiger partial charge on any atom is -0.461 e. The predicted molar refractivity (Wildman–Crippen MR) is 106 cm³/mol. The highest BCUT2D eigenvalue weighted by Crippen LogP contribution is 2.35. The van der Waals surface area contributed by atoms with Gasteiger partial charge in [-0.05, 0) is 42.2 Å². The number of fused-ring (bicyclic) bond motifs is 1. The third-order valence-electron chi connectivity index (χ3n) is 5.83. The van der Waals surface area contributed by atoms with Crippen LogP contribution in [0.4, 0.5) is 0 Å². The molecule has 0 saturated heterocycles. The van der Waals surface area contributed by atoms with E-state index in [0.717, 1.165) is 23.8 Å². The molecule has 3 rings (SSSR count). The van der Waals surface area contributed by atoms with Crippen LogP contribution in [-0.2, 0) is 30.2 Å². The number of rotatable bonds is 4. The van der Waals surface area contributed by atoms with E-state index in [4.69, 9.17) is 16.3 Å². The Hall–Kier alpha value is -2.09. The van der Waals surface area contributed by atoms with Gasteiger partial charge in [0.15, 0.2) is 11.2 Å². The van der Waals surface area contributed by atoms with E-state index in [9.17, 15) is 14.4 Å². The van der Waals surface area contributed by atoms with Crippen LogP contribution in [-0.4, -0.2) is 30.8 Å².